The molecular formula is C21H19FN4O3. The highest BCUT2D eigenvalue weighted by molar-refractivity contribution is 6.19. The van der Waals surface area contributed by atoms with Crippen LogP contribution in [0.25, 0.3) is 11.1 Å². The Bertz CT molecular complexity index is 1020. The van der Waals surface area contributed by atoms with Crippen LogP contribution in [0.2, 0.25) is 0 Å². The van der Waals surface area contributed by atoms with Crippen molar-refractivity contribution in [2.45, 2.75) is 12.8 Å². The van der Waals surface area contributed by atoms with Crippen molar-refractivity contribution in [3.05, 3.63) is 59.7 Å². The third-order valence-electron chi connectivity index (χ3n) is 5.07. The monoisotopic (exact) mass is 394 g/mol. The van der Waals surface area contributed by atoms with Gasteiger partial charge < -0.3 is 10.2 Å². The average molecular weight is 394 g/mol. The number of pyridine rings is 1. The minimum atomic E-state index is -0.362. The zero-order valence-corrected chi connectivity index (χ0v) is 15.8. The molecule has 29 heavy (non-hydrogen) atoms. The van der Waals surface area contributed by atoms with Gasteiger partial charge >= 0.3 is 0 Å². The van der Waals surface area contributed by atoms with Crippen LogP contribution in [0.3, 0.4) is 0 Å². The van der Waals surface area contributed by atoms with Gasteiger partial charge in [-0.3, -0.25) is 19.3 Å². The normalized spacial score (nSPS) is 16.3. The fourth-order valence-corrected chi connectivity index (χ4v) is 3.59. The van der Waals surface area contributed by atoms with Gasteiger partial charge in [-0.1, -0.05) is 12.1 Å². The van der Waals surface area contributed by atoms with Crippen LogP contribution in [0.4, 0.5) is 10.2 Å². The van der Waals surface area contributed by atoms with E-state index in [2.05, 4.69) is 10.3 Å². The van der Waals surface area contributed by atoms with E-state index < -0.39 is 0 Å². The Morgan fingerprint density at radius 3 is 2.52 bits per heavy atom. The van der Waals surface area contributed by atoms with E-state index in [1.807, 2.05) is 0 Å². The molecule has 0 unspecified atom stereocenters. The molecule has 2 aliphatic heterocycles. The van der Waals surface area contributed by atoms with E-state index in [1.165, 1.54) is 19.2 Å². The van der Waals surface area contributed by atoms with E-state index >= 15 is 0 Å². The zero-order chi connectivity index (χ0) is 20.5. The Kier molecular flexibility index (Phi) is 4.84. The molecule has 0 aliphatic carbocycles. The number of hydrogen-bond acceptors (Lipinski definition) is 5. The second-order valence-electron chi connectivity index (χ2n) is 7.01. The van der Waals surface area contributed by atoms with Gasteiger partial charge in [-0.15, -0.1) is 0 Å². The lowest BCUT2D eigenvalue weighted by Gasteiger charge is -2.28. The first-order chi connectivity index (χ1) is 13.9. The van der Waals surface area contributed by atoms with Gasteiger partial charge in [-0.05, 0) is 42.7 Å². The van der Waals surface area contributed by atoms with Crippen molar-refractivity contribution < 1.29 is 18.8 Å². The molecule has 3 heterocycles. The lowest BCUT2D eigenvalue weighted by atomic mass is 10.0. The number of carbonyl (C=O) groups is 3. The Morgan fingerprint density at radius 2 is 1.83 bits per heavy atom. The van der Waals surface area contributed by atoms with Crippen molar-refractivity contribution in [2.75, 3.05) is 25.5 Å². The number of hydrogen-bond donors (Lipinski definition) is 1. The van der Waals surface area contributed by atoms with E-state index in [4.69, 9.17) is 0 Å². The predicted octanol–water partition coefficient (Wildman–Crippen LogP) is 2.17. The van der Waals surface area contributed by atoms with Crippen LogP contribution in [0.15, 0.2) is 53.9 Å². The van der Waals surface area contributed by atoms with Crippen LogP contribution >= 0.6 is 0 Å². The highest BCUT2D eigenvalue weighted by Crippen LogP contribution is 2.30. The number of nitrogens with one attached hydrogen (secondary N) is 1. The number of rotatable bonds is 4. The summed E-state index contributed by atoms with van der Waals surface area (Å²) in [5.41, 5.74) is 2.43. The van der Waals surface area contributed by atoms with Gasteiger partial charge in [0.1, 0.15) is 17.3 Å². The molecule has 148 valence electrons. The molecule has 0 saturated heterocycles. The summed E-state index contributed by atoms with van der Waals surface area (Å²) < 4.78 is 13.0. The summed E-state index contributed by atoms with van der Waals surface area (Å²) in [7, 11) is 1.45. The fraction of sp³-hybridized carbons (Fsp3) is 0.238. The second kappa shape index (κ2) is 7.46. The van der Waals surface area contributed by atoms with E-state index in [-0.39, 0.29) is 30.1 Å². The molecule has 0 saturated carbocycles. The van der Waals surface area contributed by atoms with Crippen molar-refractivity contribution in [3.8, 4) is 11.1 Å². The Labute approximate surface area is 166 Å². The van der Waals surface area contributed by atoms with Gasteiger partial charge in [0.25, 0.3) is 11.8 Å². The molecule has 8 heteroatoms. The molecule has 0 bridgehead atoms. The topological polar surface area (TPSA) is 82.6 Å². The van der Waals surface area contributed by atoms with E-state index in [9.17, 15) is 18.8 Å². The van der Waals surface area contributed by atoms with E-state index in [0.29, 0.717) is 36.5 Å². The predicted molar refractivity (Wildman–Crippen MR) is 104 cm³/mol. The van der Waals surface area contributed by atoms with Crippen LogP contribution in [0.1, 0.15) is 12.8 Å². The molecule has 7 nitrogen and oxygen atoms in total. The van der Waals surface area contributed by atoms with Crippen LogP contribution in [0.5, 0.6) is 0 Å². The maximum Gasteiger partial charge on any atom is 0.277 e. The van der Waals surface area contributed by atoms with E-state index in [0.717, 1.165) is 16.0 Å². The van der Waals surface area contributed by atoms with Crippen molar-refractivity contribution in [1.29, 1.82) is 0 Å². The minimum absolute atomic E-state index is 0.0346. The maximum absolute atomic E-state index is 13.0. The summed E-state index contributed by atoms with van der Waals surface area (Å²) in [4.78, 5) is 43.9. The zero-order valence-electron chi connectivity index (χ0n) is 15.8. The summed E-state index contributed by atoms with van der Waals surface area (Å²) in [6.45, 7) is 0.503. The largest absolute Gasteiger partial charge is 0.357 e. The van der Waals surface area contributed by atoms with Crippen molar-refractivity contribution in [3.63, 3.8) is 0 Å². The standard InChI is InChI=1S/C21H19FN4O3/c1-25-20(28)16-3-2-10-26(19(16)21(25)29)12-18(27)24-17-9-6-14(11-23-17)13-4-7-15(22)8-5-13/h4-9,11H,2-3,10,12H2,1H3,(H,23,24,27). The first-order valence-electron chi connectivity index (χ1n) is 9.26. The average Bonchev–Trinajstić information content (AvgIpc) is 2.94. The van der Waals surface area contributed by atoms with Crippen LogP contribution in [-0.2, 0) is 14.4 Å². The molecule has 0 fully saturated rings. The number of benzene rings is 1. The number of nitrogens with zero attached hydrogens (tertiary/aromatic N) is 3. The molecule has 0 atom stereocenters. The van der Waals surface area contributed by atoms with Crippen molar-refractivity contribution in [2.24, 2.45) is 0 Å². The first kappa shape index (κ1) is 18.8. The fourth-order valence-electron chi connectivity index (χ4n) is 3.59. The number of imide groups is 1. The highest BCUT2D eigenvalue weighted by atomic mass is 19.1. The number of halogens is 1. The second-order valence-corrected chi connectivity index (χ2v) is 7.01. The van der Waals surface area contributed by atoms with Gasteiger partial charge in [0.15, 0.2) is 0 Å². The van der Waals surface area contributed by atoms with Gasteiger partial charge in [0.2, 0.25) is 5.91 Å². The van der Waals surface area contributed by atoms with Gasteiger partial charge in [0, 0.05) is 30.9 Å². The lowest BCUT2D eigenvalue weighted by molar-refractivity contribution is -0.136. The van der Waals surface area contributed by atoms with Crippen LogP contribution in [-0.4, -0.2) is 52.6 Å². The number of carbonyl (C=O) groups excluding carboxylic acids is 3. The molecular weight excluding hydrogens is 375 g/mol. The number of likely N-dealkylation sites (N-methyl/N-ethyl adjacent to an activating group) is 1. The Balaban J connectivity index is 1.43. The Morgan fingerprint density at radius 1 is 1.10 bits per heavy atom. The molecule has 1 aromatic carbocycles. The van der Waals surface area contributed by atoms with Gasteiger partial charge in [-0.25, -0.2) is 9.37 Å². The molecule has 2 aliphatic rings. The molecule has 0 radical (unpaired) electrons. The maximum atomic E-state index is 13.0. The summed E-state index contributed by atoms with van der Waals surface area (Å²) in [6, 6.07) is 9.51. The molecule has 4 rings (SSSR count). The summed E-state index contributed by atoms with van der Waals surface area (Å²) in [6.07, 6.45) is 2.86. The smallest absolute Gasteiger partial charge is 0.277 e. The summed E-state index contributed by atoms with van der Waals surface area (Å²) in [5, 5.41) is 2.71. The quantitative estimate of drug-likeness (QED) is 0.804. The number of aromatic nitrogens is 1. The lowest BCUT2D eigenvalue weighted by Crippen LogP contribution is -2.38. The van der Waals surface area contributed by atoms with Crippen LogP contribution < -0.4 is 5.32 Å². The molecule has 3 amide bonds. The SMILES string of the molecule is CN1C(=O)C2=C(C1=O)N(CC(=O)Nc1ccc(-c3ccc(F)cc3)cn1)CCC2. The summed E-state index contributed by atoms with van der Waals surface area (Å²) >= 11 is 0. The third kappa shape index (κ3) is 3.61. The Hall–Kier alpha value is -3.55. The van der Waals surface area contributed by atoms with Gasteiger partial charge in [0.05, 0.1) is 6.54 Å². The minimum Gasteiger partial charge on any atom is -0.357 e. The van der Waals surface area contributed by atoms with E-state index in [1.54, 1.807) is 35.4 Å². The number of anilines is 1. The highest BCUT2D eigenvalue weighted by Gasteiger charge is 2.40. The third-order valence-corrected chi connectivity index (χ3v) is 5.07. The first-order valence-corrected chi connectivity index (χ1v) is 9.26. The molecule has 1 aromatic heterocycles. The van der Waals surface area contributed by atoms with Crippen LogP contribution in [0, 0.1) is 5.82 Å². The molecule has 0 spiro atoms. The molecule has 2 aromatic rings. The molecule has 1 N–H and O–H groups in total. The van der Waals surface area contributed by atoms with Gasteiger partial charge in [-0.2, -0.15) is 0 Å². The number of amides is 3. The van der Waals surface area contributed by atoms with Crippen molar-refractivity contribution >= 4 is 23.5 Å². The summed E-state index contributed by atoms with van der Waals surface area (Å²) in [5.74, 6) is -0.906. The van der Waals surface area contributed by atoms with Crippen molar-refractivity contribution in [1.82, 2.24) is 14.8 Å².